The molecule has 1 aromatic carbocycles. The van der Waals surface area contributed by atoms with Crippen LogP contribution in [0.4, 0.5) is 0 Å². The highest BCUT2D eigenvalue weighted by Gasteiger charge is 2.31. The van der Waals surface area contributed by atoms with Crippen LogP contribution in [0.1, 0.15) is 74.2 Å². The molecular weight excluding hydrogens is 475 g/mol. The van der Waals surface area contributed by atoms with Crippen molar-refractivity contribution in [2.45, 2.75) is 64.8 Å². The molecular formula is C23H37IN4O. The number of nitrogens with zero attached hydrogens (tertiary/aromatic N) is 2. The van der Waals surface area contributed by atoms with Crippen molar-refractivity contribution in [1.29, 1.82) is 0 Å². The molecule has 5 nitrogen and oxygen atoms in total. The van der Waals surface area contributed by atoms with Gasteiger partial charge in [0.15, 0.2) is 5.96 Å². The molecule has 0 atom stereocenters. The van der Waals surface area contributed by atoms with Gasteiger partial charge in [0, 0.05) is 38.8 Å². The van der Waals surface area contributed by atoms with Crippen molar-refractivity contribution >= 4 is 35.8 Å². The van der Waals surface area contributed by atoms with Gasteiger partial charge in [-0.1, -0.05) is 31.9 Å². The van der Waals surface area contributed by atoms with Crippen LogP contribution in [0, 0.1) is 5.41 Å². The Morgan fingerprint density at radius 2 is 1.83 bits per heavy atom. The second-order valence-corrected chi connectivity index (χ2v) is 8.39. The van der Waals surface area contributed by atoms with E-state index in [1.807, 2.05) is 30.1 Å². The van der Waals surface area contributed by atoms with E-state index >= 15 is 0 Å². The van der Waals surface area contributed by atoms with Gasteiger partial charge in [-0.05, 0) is 61.6 Å². The zero-order chi connectivity index (χ0) is 19.8. The van der Waals surface area contributed by atoms with E-state index in [9.17, 15) is 4.79 Å². The van der Waals surface area contributed by atoms with Gasteiger partial charge in [-0.3, -0.25) is 9.79 Å². The summed E-state index contributed by atoms with van der Waals surface area (Å²) in [7, 11) is 1.82. The van der Waals surface area contributed by atoms with Gasteiger partial charge >= 0.3 is 0 Å². The van der Waals surface area contributed by atoms with Gasteiger partial charge in [0.05, 0.1) is 0 Å². The molecule has 1 aliphatic heterocycles. The molecule has 1 aromatic rings. The van der Waals surface area contributed by atoms with E-state index in [-0.39, 0.29) is 29.9 Å². The van der Waals surface area contributed by atoms with Crippen LogP contribution in [-0.2, 0) is 6.54 Å². The Morgan fingerprint density at radius 3 is 2.48 bits per heavy atom. The molecule has 6 heteroatoms. The van der Waals surface area contributed by atoms with Crippen LogP contribution in [0.15, 0.2) is 29.3 Å². The number of halogens is 1. The molecule has 29 heavy (non-hydrogen) atoms. The predicted octanol–water partition coefficient (Wildman–Crippen LogP) is 4.57. The van der Waals surface area contributed by atoms with Gasteiger partial charge in [0.2, 0.25) is 0 Å². The maximum Gasteiger partial charge on any atom is 0.253 e. The van der Waals surface area contributed by atoms with E-state index in [0.717, 1.165) is 49.6 Å². The molecule has 2 fully saturated rings. The average Bonchev–Trinajstić information content (AvgIpc) is 3.23. The van der Waals surface area contributed by atoms with Crippen LogP contribution >= 0.6 is 24.0 Å². The number of guanidine groups is 1. The summed E-state index contributed by atoms with van der Waals surface area (Å²) in [6.07, 6.45) is 10.0. The molecule has 2 aliphatic rings. The first kappa shape index (κ1) is 24.0. The van der Waals surface area contributed by atoms with Crippen LogP contribution in [0.3, 0.4) is 0 Å². The summed E-state index contributed by atoms with van der Waals surface area (Å²) in [5.74, 6) is 1.00. The molecule has 1 saturated heterocycles. The van der Waals surface area contributed by atoms with Crippen LogP contribution < -0.4 is 10.6 Å². The number of amides is 1. The highest BCUT2D eigenvalue weighted by Crippen LogP contribution is 2.40. The minimum absolute atomic E-state index is 0. The number of nitrogens with one attached hydrogen (secondary N) is 2. The first-order valence-electron chi connectivity index (χ1n) is 11.0. The third kappa shape index (κ3) is 6.59. The number of hydrogen-bond donors (Lipinski definition) is 2. The molecule has 2 N–H and O–H groups in total. The summed E-state index contributed by atoms with van der Waals surface area (Å²) < 4.78 is 0. The zero-order valence-corrected chi connectivity index (χ0v) is 20.3. The van der Waals surface area contributed by atoms with E-state index < -0.39 is 0 Å². The molecule has 1 amide bonds. The Balaban J connectivity index is 0.00000300. The minimum Gasteiger partial charge on any atom is -0.356 e. The number of likely N-dealkylation sites (tertiary alicyclic amines) is 1. The van der Waals surface area contributed by atoms with Crippen LogP contribution in [0.25, 0.3) is 0 Å². The maximum atomic E-state index is 12.7. The quantitative estimate of drug-likeness (QED) is 0.334. The molecule has 3 rings (SSSR count). The molecule has 0 spiro atoms. The largest absolute Gasteiger partial charge is 0.356 e. The smallest absolute Gasteiger partial charge is 0.253 e. The SMILES string of the molecule is CCC1(CNC(=NC)NCc2cccc(C(=O)N3CCCCC3)c2)CCCC1.I. The zero-order valence-electron chi connectivity index (χ0n) is 18.0. The summed E-state index contributed by atoms with van der Waals surface area (Å²) >= 11 is 0. The number of hydrogen-bond acceptors (Lipinski definition) is 2. The first-order valence-corrected chi connectivity index (χ1v) is 11.0. The van der Waals surface area contributed by atoms with Gasteiger partial charge in [0.25, 0.3) is 5.91 Å². The van der Waals surface area contributed by atoms with Crippen LogP contribution in [-0.4, -0.2) is 43.4 Å². The summed E-state index contributed by atoms with van der Waals surface area (Å²) in [5.41, 5.74) is 2.33. The molecule has 162 valence electrons. The van der Waals surface area contributed by atoms with Gasteiger partial charge < -0.3 is 15.5 Å². The fourth-order valence-corrected chi connectivity index (χ4v) is 4.55. The van der Waals surface area contributed by atoms with Gasteiger partial charge in [-0.25, -0.2) is 0 Å². The van der Waals surface area contributed by atoms with Crippen molar-refractivity contribution in [3.8, 4) is 0 Å². The molecule has 0 unspecified atom stereocenters. The first-order chi connectivity index (χ1) is 13.7. The summed E-state index contributed by atoms with van der Waals surface area (Å²) in [6, 6.07) is 7.99. The molecule has 0 aromatic heterocycles. The van der Waals surface area contributed by atoms with Crippen molar-refractivity contribution in [1.82, 2.24) is 15.5 Å². The third-order valence-electron chi connectivity index (χ3n) is 6.55. The van der Waals surface area contributed by atoms with Gasteiger partial charge in [-0.15, -0.1) is 24.0 Å². The number of benzene rings is 1. The van der Waals surface area contributed by atoms with E-state index in [0.29, 0.717) is 12.0 Å². The standard InChI is InChI=1S/C23H36N4O.HI/c1-3-23(12-5-6-13-23)18-26-22(24-2)25-17-19-10-9-11-20(16-19)21(28)27-14-7-4-8-15-27;/h9-11,16H,3-8,12-15,17-18H2,1-2H3,(H2,24,25,26);1H. The maximum absolute atomic E-state index is 12.7. The molecule has 1 aliphatic carbocycles. The lowest BCUT2D eigenvalue weighted by molar-refractivity contribution is 0.0724. The summed E-state index contributed by atoms with van der Waals surface area (Å²) in [4.78, 5) is 19.1. The Labute approximate surface area is 193 Å². The second-order valence-electron chi connectivity index (χ2n) is 8.39. The molecule has 1 saturated carbocycles. The minimum atomic E-state index is 0. The summed E-state index contributed by atoms with van der Waals surface area (Å²) in [5, 5.41) is 6.94. The van der Waals surface area contributed by atoms with Gasteiger partial charge in [0.1, 0.15) is 0 Å². The van der Waals surface area contributed by atoms with E-state index in [1.54, 1.807) is 0 Å². The average molecular weight is 512 g/mol. The molecule has 0 bridgehead atoms. The lowest BCUT2D eigenvalue weighted by Gasteiger charge is -2.28. The topological polar surface area (TPSA) is 56.7 Å². The van der Waals surface area contributed by atoms with E-state index in [1.165, 1.54) is 38.5 Å². The predicted molar refractivity (Wildman–Crippen MR) is 131 cm³/mol. The Hall–Kier alpha value is -1.31. The number of carbonyl (C=O) groups is 1. The Kier molecular flexibility index (Phi) is 9.72. The van der Waals surface area contributed by atoms with Crippen molar-refractivity contribution in [2.24, 2.45) is 10.4 Å². The number of piperidine rings is 1. The van der Waals surface area contributed by atoms with Crippen molar-refractivity contribution in [3.05, 3.63) is 35.4 Å². The lowest BCUT2D eigenvalue weighted by atomic mass is 9.83. The van der Waals surface area contributed by atoms with Crippen molar-refractivity contribution in [3.63, 3.8) is 0 Å². The normalized spacial score (nSPS) is 18.8. The fraction of sp³-hybridized carbons (Fsp3) is 0.652. The second kappa shape index (κ2) is 11.8. The Bertz CT molecular complexity index is 679. The Morgan fingerprint density at radius 1 is 1.10 bits per heavy atom. The monoisotopic (exact) mass is 512 g/mol. The highest BCUT2D eigenvalue weighted by atomic mass is 127. The number of rotatable bonds is 6. The highest BCUT2D eigenvalue weighted by molar-refractivity contribution is 14.0. The number of aliphatic imine (C=N–C) groups is 1. The van der Waals surface area contributed by atoms with Gasteiger partial charge in [-0.2, -0.15) is 0 Å². The summed E-state index contributed by atoms with van der Waals surface area (Å²) in [6.45, 7) is 5.72. The van der Waals surface area contributed by atoms with Crippen molar-refractivity contribution in [2.75, 3.05) is 26.7 Å². The lowest BCUT2D eigenvalue weighted by Crippen LogP contribution is -2.42. The van der Waals surface area contributed by atoms with Crippen LogP contribution in [0.5, 0.6) is 0 Å². The van der Waals surface area contributed by atoms with E-state index in [4.69, 9.17) is 0 Å². The van der Waals surface area contributed by atoms with E-state index in [2.05, 4.69) is 28.6 Å². The van der Waals surface area contributed by atoms with Crippen LogP contribution in [0.2, 0.25) is 0 Å². The number of carbonyl (C=O) groups excluding carboxylic acids is 1. The third-order valence-corrected chi connectivity index (χ3v) is 6.55. The van der Waals surface area contributed by atoms with Crippen molar-refractivity contribution < 1.29 is 4.79 Å². The molecule has 0 radical (unpaired) electrons. The molecule has 1 heterocycles. The fourth-order valence-electron chi connectivity index (χ4n) is 4.55.